The highest BCUT2D eigenvalue weighted by molar-refractivity contribution is 6.00. The second-order valence-corrected chi connectivity index (χ2v) is 4.28. The molecule has 3 rings (SSSR count). The molecule has 2 nitrogen and oxygen atoms in total. The van der Waals surface area contributed by atoms with E-state index in [9.17, 15) is 4.79 Å². The molecule has 0 aromatic heterocycles. The standard InChI is InChI=1S/C14H13NO/c1-15-13-9-5-4-7-11(13)10-6-2-3-8-12(10)14(15)16/h2-10,12H,1H3/t10-,12-/m1/s1. The minimum absolute atomic E-state index is 0.0232. The fraction of sp³-hybridized carbons (Fsp3) is 0.214. The SMILES string of the molecule is CN1C(=O)[C@@H]2C=CC=C[C@@H]2c2ccccc21. The molecule has 1 aromatic rings. The Kier molecular flexibility index (Phi) is 1.96. The van der Waals surface area contributed by atoms with E-state index in [4.69, 9.17) is 0 Å². The molecule has 2 aliphatic rings. The third-order valence-electron chi connectivity index (χ3n) is 3.41. The Bertz CT molecular complexity index is 501. The number of anilines is 1. The Balaban J connectivity index is 2.19. The second kappa shape index (κ2) is 3.34. The van der Waals surface area contributed by atoms with Crippen molar-refractivity contribution in [2.45, 2.75) is 5.92 Å². The molecule has 0 bridgehead atoms. The number of hydrogen-bond acceptors (Lipinski definition) is 1. The van der Waals surface area contributed by atoms with Gasteiger partial charge >= 0.3 is 0 Å². The summed E-state index contributed by atoms with van der Waals surface area (Å²) in [5.74, 6) is 0.374. The van der Waals surface area contributed by atoms with Crippen LogP contribution in [0.5, 0.6) is 0 Å². The molecule has 0 saturated heterocycles. The number of rotatable bonds is 0. The van der Waals surface area contributed by atoms with E-state index >= 15 is 0 Å². The molecule has 2 heteroatoms. The Morgan fingerprint density at radius 2 is 1.75 bits per heavy atom. The zero-order chi connectivity index (χ0) is 11.1. The molecule has 0 saturated carbocycles. The maximum Gasteiger partial charge on any atom is 0.234 e. The number of nitrogens with zero attached hydrogens (tertiary/aromatic N) is 1. The van der Waals surface area contributed by atoms with Crippen molar-refractivity contribution in [3.05, 3.63) is 54.1 Å². The molecule has 16 heavy (non-hydrogen) atoms. The number of carbonyl (C=O) groups is 1. The topological polar surface area (TPSA) is 20.3 Å². The lowest BCUT2D eigenvalue weighted by Gasteiger charge is -2.36. The van der Waals surface area contributed by atoms with Gasteiger partial charge in [-0.25, -0.2) is 0 Å². The maximum atomic E-state index is 12.2. The van der Waals surface area contributed by atoms with E-state index in [1.807, 2.05) is 43.5 Å². The Labute approximate surface area is 94.9 Å². The molecule has 0 radical (unpaired) electrons. The average molecular weight is 211 g/mol. The first-order valence-electron chi connectivity index (χ1n) is 5.50. The molecule has 1 aliphatic carbocycles. The molecule has 1 aliphatic heterocycles. The highest BCUT2D eigenvalue weighted by atomic mass is 16.2. The van der Waals surface area contributed by atoms with Crippen molar-refractivity contribution < 1.29 is 4.79 Å². The van der Waals surface area contributed by atoms with Crippen LogP contribution < -0.4 is 4.90 Å². The van der Waals surface area contributed by atoms with Crippen LogP contribution in [-0.4, -0.2) is 13.0 Å². The first-order valence-corrected chi connectivity index (χ1v) is 5.50. The lowest BCUT2D eigenvalue weighted by Crippen LogP contribution is -2.40. The van der Waals surface area contributed by atoms with Gasteiger partial charge in [-0.05, 0) is 11.6 Å². The first-order chi connectivity index (χ1) is 7.79. The third-order valence-corrected chi connectivity index (χ3v) is 3.41. The maximum absolute atomic E-state index is 12.2. The van der Waals surface area contributed by atoms with Gasteiger partial charge in [-0.15, -0.1) is 0 Å². The Hall–Kier alpha value is -1.83. The van der Waals surface area contributed by atoms with Gasteiger partial charge in [0.25, 0.3) is 0 Å². The molecule has 0 N–H and O–H groups in total. The van der Waals surface area contributed by atoms with Crippen molar-refractivity contribution in [3.8, 4) is 0 Å². The lowest BCUT2D eigenvalue weighted by atomic mass is 9.78. The first kappa shape index (κ1) is 9.40. The van der Waals surface area contributed by atoms with Crippen molar-refractivity contribution in [1.82, 2.24) is 0 Å². The van der Waals surface area contributed by atoms with Gasteiger partial charge in [-0.3, -0.25) is 4.79 Å². The van der Waals surface area contributed by atoms with Crippen LogP contribution in [0.2, 0.25) is 0 Å². The van der Waals surface area contributed by atoms with Gasteiger partial charge < -0.3 is 4.90 Å². The van der Waals surface area contributed by atoms with E-state index in [-0.39, 0.29) is 17.7 Å². The van der Waals surface area contributed by atoms with Gasteiger partial charge in [0, 0.05) is 18.7 Å². The minimum atomic E-state index is -0.0232. The summed E-state index contributed by atoms with van der Waals surface area (Å²) in [6, 6.07) is 8.13. The molecule has 1 heterocycles. The van der Waals surface area contributed by atoms with Crippen LogP contribution in [0.3, 0.4) is 0 Å². The summed E-state index contributed by atoms with van der Waals surface area (Å²) >= 11 is 0. The smallest absolute Gasteiger partial charge is 0.234 e. The molecule has 0 spiro atoms. The summed E-state index contributed by atoms with van der Waals surface area (Å²) < 4.78 is 0. The highest BCUT2D eigenvalue weighted by Gasteiger charge is 2.36. The summed E-state index contributed by atoms with van der Waals surface area (Å²) in [6.45, 7) is 0. The molecule has 2 atom stereocenters. The summed E-state index contributed by atoms with van der Waals surface area (Å²) in [5, 5.41) is 0. The van der Waals surface area contributed by atoms with E-state index in [1.165, 1.54) is 5.56 Å². The zero-order valence-electron chi connectivity index (χ0n) is 9.13. The van der Waals surface area contributed by atoms with Crippen LogP contribution in [0.25, 0.3) is 0 Å². The van der Waals surface area contributed by atoms with Crippen LogP contribution in [-0.2, 0) is 4.79 Å². The number of benzene rings is 1. The molecular weight excluding hydrogens is 198 g/mol. The number of para-hydroxylation sites is 1. The molecule has 1 aromatic carbocycles. The van der Waals surface area contributed by atoms with E-state index in [2.05, 4.69) is 12.1 Å². The van der Waals surface area contributed by atoms with Gasteiger partial charge in [-0.1, -0.05) is 42.5 Å². The summed E-state index contributed by atoms with van der Waals surface area (Å²) in [5.41, 5.74) is 2.28. The monoisotopic (exact) mass is 211 g/mol. The Morgan fingerprint density at radius 3 is 2.56 bits per heavy atom. The predicted molar refractivity (Wildman–Crippen MR) is 64.4 cm³/mol. The quantitative estimate of drug-likeness (QED) is 0.645. The highest BCUT2D eigenvalue weighted by Crippen LogP contribution is 2.41. The van der Waals surface area contributed by atoms with Gasteiger partial charge in [-0.2, -0.15) is 0 Å². The fourth-order valence-electron chi connectivity index (χ4n) is 2.56. The molecular formula is C14H13NO. The van der Waals surface area contributed by atoms with Crippen molar-refractivity contribution in [2.75, 3.05) is 11.9 Å². The van der Waals surface area contributed by atoms with Crippen molar-refractivity contribution in [2.24, 2.45) is 5.92 Å². The molecule has 0 fully saturated rings. The largest absolute Gasteiger partial charge is 0.315 e. The number of allylic oxidation sites excluding steroid dienone is 3. The van der Waals surface area contributed by atoms with Crippen LogP contribution in [0, 0.1) is 5.92 Å². The average Bonchev–Trinajstić information content (AvgIpc) is 2.36. The van der Waals surface area contributed by atoms with E-state index < -0.39 is 0 Å². The fourth-order valence-corrected chi connectivity index (χ4v) is 2.56. The summed E-state index contributed by atoms with van der Waals surface area (Å²) in [4.78, 5) is 13.9. The number of fused-ring (bicyclic) bond motifs is 3. The van der Waals surface area contributed by atoms with Crippen molar-refractivity contribution in [3.63, 3.8) is 0 Å². The van der Waals surface area contributed by atoms with Crippen LogP contribution in [0.15, 0.2) is 48.6 Å². The van der Waals surface area contributed by atoms with Gasteiger partial charge in [0.15, 0.2) is 0 Å². The van der Waals surface area contributed by atoms with Gasteiger partial charge in [0.05, 0.1) is 5.92 Å². The van der Waals surface area contributed by atoms with Crippen LogP contribution in [0.4, 0.5) is 5.69 Å². The number of carbonyl (C=O) groups excluding carboxylic acids is 1. The molecule has 0 unspecified atom stereocenters. The summed E-state index contributed by atoms with van der Waals surface area (Å²) in [6.07, 6.45) is 8.10. The van der Waals surface area contributed by atoms with Crippen LogP contribution in [0.1, 0.15) is 11.5 Å². The lowest BCUT2D eigenvalue weighted by molar-refractivity contribution is -0.121. The van der Waals surface area contributed by atoms with E-state index in [1.54, 1.807) is 4.90 Å². The second-order valence-electron chi connectivity index (χ2n) is 4.28. The molecule has 80 valence electrons. The Morgan fingerprint density at radius 1 is 1.06 bits per heavy atom. The van der Waals surface area contributed by atoms with E-state index in [0.29, 0.717) is 0 Å². The van der Waals surface area contributed by atoms with Crippen molar-refractivity contribution >= 4 is 11.6 Å². The van der Waals surface area contributed by atoms with Gasteiger partial charge in [0.2, 0.25) is 5.91 Å². The normalized spacial score (nSPS) is 26.6. The third kappa shape index (κ3) is 1.16. The van der Waals surface area contributed by atoms with Crippen LogP contribution >= 0.6 is 0 Å². The van der Waals surface area contributed by atoms with E-state index in [0.717, 1.165) is 5.69 Å². The predicted octanol–water partition coefficient (Wildman–Crippen LogP) is 2.49. The minimum Gasteiger partial charge on any atom is -0.315 e. The molecule has 1 amide bonds. The zero-order valence-corrected chi connectivity index (χ0v) is 9.13. The van der Waals surface area contributed by atoms with Crippen molar-refractivity contribution in [1.29, 1.82) is 0 Å². The van der Waals surface area contributed by atoms with Gasteiger partial charge in [0.1, 0.15) is 0 Å². The summed E-state index contributed by atoms with van der Waals surface area (Å²) in [7, 11) is 1.85. The number of amides is 1. The number of hydrogen-bond donors (Lipinski definition) is 0.